The lowest BCUT2D eigenvalue weighted by molar-refractivity contribution is -0.137. The van der Waals surface area contributed by atoms with E-state index in [1.165, 1.54) is 18.2 Å². The standard InChI is InChI=1S/C18H20N2O7/c1-3-26-17(24)11-5-6-13(12(9-11)18(25)27-4-2)19-14-10-15(22)20(7-8-21)16(14)23/h5-6,9-10,19,21H,3-4,7-8H2,1-2H3. The van der Waals surface area contributed by atoms with E-state index in [1.807, 2.05) is 0 Å². The maximum atomic E-state index is 12.3. The van der Waals surface area contributed by atoms with Gasteiger partial charge in [0, 0.05) is 6.08 Å². The summed E-state index contributed by atoms with van der Waals surface area (Å²) in [5.74, 6) is -2.50. The molecule has 0 bridgehead atoms. The predicted octanol–water partition coefficient (Wildman–Crippen LogP) is 0.697. The molecule has 0 unspecified atom stereocenters. The fraction of sp³-hybridized carbons (Fsp3) is 0.333. The summed E-state index contributed by atoms with van der Waals surface area (Å²) < 4.78 is 9.91. The van der Waals surface area contributed by atoms with Crippen LogP contribution in [0.1, 0.15) is 34.6 Å². The smallest absolute Gasteiger partial charge is 0.340 e. The van der Waals surface area contributed by atoms with Crippen molar-refractivity contribution in [3.05, 3.63) is 41.1 Å². The molecule has 0 aliphatic carbocycles. The highest BCUT2D eigenvalue weighted by Gasteiger charge is 2.31. The van der Waals surface area contributed by atoms with Crippen molar-refractivity contribution < 1.29 is 33.8 Å². The first-order valence-electron chi connectivity index (χ1n) is 8.36. The van der Waals surface area contributed by atoms with Gasteiger partial charge in [0.05, 0.1) is 43.2 Å². The van der Waals surface area contributed by atoms with Crippen LogP contribution in [0.2, 0.25) is 0 Å². The molecule has 0 spiro atoms. The SMILES string of the molecule is CCOC(=O)c1ccc(NC2=CC(=O)N(CCO)C2=O)c(C(=O)OCC)c1. The fourth-order valence-electron chi connectivity index (χ4n) is 2.43. The molecule has 1 aromatic carbocycles. The van der Waals surface area contributed by atoms with Gasteiger partial charge in [-0.2, -0.15) is 0 Å². The van der Waals surface area contributed by atoms with Gasteiger partial charge in [-0.05, 0) is 32.0 Å². The maximum Gasteiger partial charge on any atom is 0.340 e. The van der Waals surface area contributed by atoms with E-state index in [0.29, 0.717) is 0 Å². The average molecular weight is 376 g/mol. The second kappa shape index (κ2) is 8.95. The quantitative estimate of drug-likeness (QED) is 0.502. The zero-order valence-corrected chi connectivity index (χ0v) is 15.0. The van der Waals surface area contributed by atoms with Gasteiger partial charge in [0.2, 0.25) is 0 Å². The Balaban J connectivity index is 2.34. The number of β-amino-alcohol motifs (C(OH)–C–C–N with tert-alkyl or cyclic N) is 1. The van der Waals surface area contributed by atoms with E-state index in [-0.39, 0.29) is 48.9 Å². The van der Waals surface area contributed by atoms with Crippen LogP contribution in [0.15, 0.2) is 30.0 Å². The van der Waals surface area contributed by atoms with E-state index in [4.69, 9.17) is 14.6 Å². The van der Waals surface area contributed by atoms with Crippen LogP contribution in [0, 0.1) is 0 Å². The van der Waals surface area contributed by atoms with E-state index >= 15 is 0 Å². The van der Waals surface area contributed by atoms with Crippen LogP contribution in [0.4, 0.5) is 5.69 Å². The molecular formula is C18H20N2O7. The molecule has 27 heavy (non-hydrogen) atoms. The van der Waals surface area contributed by atoms with Gasteiger partial charge in [-0.3, -0.25) is 14.5 Å². The van der Waals surface area contributed by atoms with E-state index in [9.17, 15) is 19.2 Å². The number of hydrogen-bond acceptors (Lipinski definition) is 8. The highest BCUT2D eigenvalue weighted by molar-refractivity contribution is 6.17. The summed E-state index contributed by atoms with van der Waals surface area (Å²) in [5, 5.41) is 11.7. The van der Waals surface area contributed by atoms with Gasteiger partial charge in [0.1, 0.15) is 5.70 Å². The highest BCUT2D eigenvalue weighted by Crippen LogP contribution is 2.23. The number of aliphatic hydroxyl groups is 1. The van der Waals surface area contributed by atoms with Gasteiger partial charge < -0.3 is 19.9 Å². The second-order valence-corrected chi connectivity index (χ2v) is 5.40. The van der Waals surface area contributed by atoms with Crippen LogP contribution < -0.4 is 5.32 Å². The first-order chi connectivity index (χ1) is 12.9. The van der Waals surface area contributed by atoms with Crippen molar-refractivity contribution in [2.45, 2.75) is 13.8 Å². The maximum absolute atomic E-state index is 12.3. The number of ether oxygens (including phenoxy) is 2. The number of hydrogen-bond donors (Lipinski definition) is 2. The third-order valence-electron chi connectivity index (χ3n) is 3.63. The van der Waals surface area contributed by atoms with Crippen molar-refractivity contribution in [1.29, 1.82) is 0 Å². The van der Waals surface area contributed by atoms with Crippen molar-refractivity contribution in [2.75, 3.05) is 31.7 Å². The summed E-state index contributed by atoms with van der Waals surface area (Å²) in [6, 6.07) is 4.15. The summed E-state index contributed by atoms with van der Waals surface area (Å²) in [6.07, 6.45) is 1.08. The number of benzene rings is 1. The number of aliphatic hydroxyl groups excluding tert-OH is 1. The Bertz CT molecular complexity index is 801. The normalized spacial score (nSPS) is 13.4. The summed E-state index contributed by atoms with van der Waals surface area (Å²) in [5.41, 5.74) is 0.307. The first-order valence-corrected chi connectivity index (χ1v) is 8.36. The molecule has 0 saturated carbocycles. The molecule has 0 fully saturated rings. The lowest BCUT2D eigenvalue weighted by Crippen LogP contribution is -2.34. The monoisotopic (exact) mass is 376 g/mol. The van der Waals surface area contributed by atoms with E-state index in [1.54, 1.807) is 13.8 Å². The molecule has 1 aliphatic rings. The minimum Gasteiger partial charge on any atom is -0.462 e. The first kappa shape index (κ1) is 20.1. The number of anilines is 1. The van der Waals surface area contributed by atoms with Gasteiger partial charge in [-0.1, -0.05) is 0 Å². The average Bonchev–Trinajstić information content (AvgIpc) is 2.90. The summed E-state index contributed by atoms with van der Waals surface area (Å²) in [7, 11) is 0. The summed E-state index contributed by atoms with van der Waals surface area (Å²) >= 11 is 0. The Kier molecular flexibility index (Phi) is 6.67. The second-order valence-electron chi connectivity index (χ2n) is 5.40. The van der Waals surface area contributed by atoms with Gasteiger partial charge in [0.15, 0.2) is 0 Å². The molecule has 0 radical (unpaired) electrons. The molecule has 9 heteroatoms. The minimum atomic E-state index is -0.698. The predicted molar refractivity (Wildman–Crippen MR) is 93.9 cm³/mol. The molecule has 1 aromatic rings. The molecule has 0 aromatic heterocycles. The van der Waals surface area contributed by atoms with E-state index < -0.39 is 23.8 Å². The van der Waals surface area contributed by atoms with Gasteiger partial charge in [0.25, 0.3) is 11.8 Å². The number of rotatable bonds is 8. The zero-order valence-electron chi connectivity index (χ0n) is 15.0. The van der Waals surface area contributed by atoms with Crippen molar-refractivity contribution >= 4 is 29.4 Å². The van der Waals surface area contributed by atoms with Gasteiger partial charge in [-0.25, -0.2) is 9.59 Å². The number of esters is 2. The third kappa shape index (κ3) is 4.50. The van der Waals surface area contributed by atoms with Crippen LogP contribution in [0.3, 0.4) is 0 Å². The molecule has 1 aliphatic heterocycles. The summed E-state index contributed by atoms with van der Waals surface area (Å²) in [4.78, 5) is 49.1. The molecule has 1 heterocycles. The Morgan fingerprint density at radius 3 is 2.41 bits per heavy atom. The Morgan fingerprint density at radius 2 is 1.78 bits per heavy atom. The van der Waals surface area contributed by atoms with Crippen LogP contribution in [-0.4, -0.2) is 60.1 Å². The van der Waals surface area contributed by atoms with Gasteiger partial charge in [-0.15, -0.1) is 0 Å². The molecule has 2 rings (SSSR count). The fourth-order valence-corrected chi connectivity index (χ4v) is 2.43. The largest absolute Gasteiger partial charge is 0.462 e. The Morgan fingerprint density at radius 1 is 1.11 bits per heavy atom. The van der Waals surface area contributed by atoms with Crippen molar-refractivity contribution in [3.63, 3.8) is 0 Å². The lowest BCUT2D eigenvalue weighted by atomic mass is 10.1. The number of carbonyl (C=O) groups excluding carboxylic acids is 4. The van der Waals surface area contributed by atoms with Crippen molar-refractivity contribution in [2.24, 2.45) is 0 Å². The van der Waals surface area contributed by atoms with Crippen molar-refractivity contribution in [1.82, 2.24) is 4.90 Å². The molecule has 2 amide bonds. The van der Waals surface area contributed by atoms with Crippen LogP contribution in [0.25, 0.3) is 0 Å². The number of amides is 2. The van der Waals surface area contributed by atoms with Crippen LogP contribution >= 0.6 is 0 Å². The van der Waals surface area contributed by atoms with Crippen molar-refractivity contribution in [3.8, 4) is 0 Å². The van der Waals surface area contributed by atoms with Crippen LogP contribution in [-0.2, 0) is 19.1 Å². The minimum absolute atomic E-state index is 0.0177. The molecular weight excluding hydrogens is 356 g/mol. The van der Waals surface area contributed by atoms with E-state index in [2.05, 4.69) is 5.32 Å². The van der Waals surface area contributed by atoms with Crippen LogP contribution in [0.5, 0.6) is 0 Å². The Hall–Kier alpha value is -3.20. The Labute approximate surface area is 155 Å². The molecule has 0 saturated heterocycles. The number of imide groups is 1. The molecule has 144 valence electrons. The topological polar surface area (TPSA) is 122 Å². The third-order valence-corrected chi connectivity index (χ3v) is 3.63. The number of carbonyl (C=O) groups is 4. The number of nitrogens with one attached hydrogen (secondary N) is 1. The molecule has 0 atom stereocenters. The van der Waals surface area contributed by atoms with Gasteiger partial charge >= 0.3 is 11.9 Å². The number of nitrogens with zero attached hydrogens (tertiary/aromatic N) is 1. The summed E-state index contributed by atoms with van der Waals surface area (Å²) in [6.45, 7) is 3.10. The molecule has 2 N–H and O–H groups in total. The molecule has 9 nitrogen and oxygen atoms in total. The lowest BCUT2D eigenvalue weighted by Gasteiger charge is -2.15. The highest BCUT2D eigenvalue weighted by atomic mass is 16.5. The zero-order chi connectivity index (χ0) is 20.0. The van der Waals surface area contributed by atoms with E-state index in [0.717, 1.165) is 11.0 Å².